The molecule has 1 heterocycles. The van der Waals surface area contributed by atoms with Gasteiger partial charge in [0.25, 0.3) is 0 Å². The molecule has 1 aliphatic heterocycles. The Bertz CT molecular complexity index is 481. The van der Waals surface area contributed by atoms with E-state index in [0.29, 0.717) is 6.04 Å². The summed E-state index contributed by atoms with van der Waals surface area (Å²) >= 11 is 0. The lowest BCUT2D eigenvalue weighted by Gasteiger charge is -2.23. The maximum absolute atomic E-state index is 12.0. The molecule has 108 valence electrons. The van der Waals surface area contributed by atoms with Crippen LogP contribution in [0.2, 0.25) is 0 Å². The molecule has 1 aliphatic carbocycles. The van der Waals surface area contributed by atoms with E-state index in [1.807, 2.05) is 6.07 Å². The summed E-state index contributed by atoms with van der Waals surface area (Å²) in [6, 6.07) is 6.50. The van der Waals surface area contributed by atoms with Crippen LogP contribution >= 0.6 is 0 Å². The number of carbonyl (C=O) groups is 1. The Morgan fingerprint density at radius 2 is 2.00 bits per heavy atom. The predicted octanol–water partition coefficient (Wildman–Crippen LogP) is 2.79. The molecule has 0 atom stereocenters. The van der Waals surface area contributed by atoms with Crippen molar-refractivity contribution in [3.63, 3.8) is 0 Å². The summed E-state index contributed by atoms with van der Waals surface area (Å²) in [4.78, 5) is 12.0. The van der Waals surface area contributed by atoms with Crippen LogP contribution in [-0.4, -0.2) is 18.6 Å². The van der Waals surface area contributed by atoms with Crippen LogP contribution in [0, 0.1) is 0 Å². The molecule has 1 aromatic carbocycles. The molecule has 3 rings (SSSR count). The lowest BCUT2D eigenvalue weighted by atomic mass is 9.96. The maximum Gasteiger partial charge on any atom is 0.319 e. The first-order valence-corrected chi connectivity index (χ1v) is 7.71. The number of rotatable bonds is 2. The SMILES string of the molecule is O=C(Nc1ccc2c(c1)CNCC2)NC1CCCCC1. The van der Waals surface area contributed by atoms with Crippen LogP contribution in [0.3, 0.4) is 0 Å². The molecular formula is C16H23N3O. The molecule has 0 radical (unpaired) electrons. The van der Waals surface area contributed by atoms with E-state index in [2.05, 4.69) is 28.1 Å². The average molecular weight is 273 g/mol. The summed E-state index contributed by atoms with van der Waals surface area (Å²) in [5.74, 6) is 0. The van der Waals surface area contributed by atoms with Crippen molar-refractivity contribution >= 4 is 11.7 Å². The normalized spacial score (nSPS) is 19.2. The highest BCUT2D eigenvalue weighted by molar-refractivity contribution is 5.89. The van der Waals surface area contributed by atoms with Crippen molar-refractivity contribution in [2.24, 2.45) is 0 Å². The van der Waals surface area contributed by atoms with E-state index >= 15 is 0 Å². The number of carbonyl (C=O) groups excluding carboxylic acids is 1. The summed E-state index contributed by atoms with van der Waals surface area (Å²) in [7, 11) is 0. The lowest BCUT2D eigenvalue weighted by molar-refractivity contribution is 0.244. The second-order valence-electron chi connectivity index (χ2n) is 5.84. The minimum absolute atomic E-state index is 0.0689. The quantitative estimate of drug-likeness (QED) is 0.776. The van der Waals surface area contributed by atoms with Crippen molar-refractivity contribution in [3.8, 4) is 0 Å². The smallest absolute Gasteiger partial charge is 0.319 e. The van der Waals surface area contributed by atoms with Gasteiger partial charge >= 0.3 is 6.03 Å². The van der Waals surface area contributed by atoms with Crippen LogP contribution in [0.15, 0.2) is 18.2 Å². The molecule has 3 N–H and O–H groups in total. The number of fused-ring (bicyclic) bond motifs is 1. The van der Waals surface area contributed by atoms with Crippen molar-refractivity contribution in [1.29, 1.82) is 0 Å². The van der Waals surface area contributed by atoms with Gasteiger partial charge in [0.2, 0.25) is 0 Å². The Hall–Kier alpha value is -1.55. The zero-order valence-corrected chi connectivity index (χ0v) is 11.9. The van der Waals surface area contributed by atoms with Gasteiger partial charge in [0.1, 0.15) is 0 Å². The molecule has 1 aromatic rings. The van der Waals surface area contributed by atoms with Gasteiger partial charge in [0, 0.05) is 18.3 Å². The van der Waals surface area contributed by atoms with Crippen LogP contribution in [0.1, 0.15) is 43.2 Å². The van der Waals surface area contributed by atoms with E-state index < -0.39 is 0 Å². The zero-order valence-electron chi connectivity index (χ0n) is 11.9. The Morgan fingerprint density at radius 1 is 1.15 bits per heavy atom. The molecule has 1 fully saturated rings. The van der Waals surface area contributed by atoms with Crippen LogP contribution < -0.4 is 16.0 Å². The predicted molar refractivity (Wildman–Crippen MR) is 80.9 cm³/mol. The molecule has 2 aliphatic rings. The molecule has 0 unspecified atom stereocenters. The molecular weight excluding hydrogens is 250 g/mol. The number of hydrogen-bond acceptors (Lipinski definition) is 2. The minimum Gasteiger partial charge on any atom is -0.335 e. The fourth-order valence-electron chi connectivity index (χ4n) is 3.16. The first-order valence-electron chi connectivity index (χ1n) is 7.71. The molecule has 0 spiro atoms. The summed E-state index contributed by atoms with van der Waals surface area (Å²) < 4.78 is 0. The number of nitrogens with one attached hydrogen (secondary N) is 3. The molecule has 4 heteroatoms. The third kappa shape index (κ3) is 3.31. The molecule has 0 aromatic heterocycles. The van der Waals surface area contributed by atoms with Gasteiger partial charge in [-0.1, -0.05) is 25.3 Å². The first kappa shape index (κ1) is 13.4. The van der Waals surface area contributed by atoms with Gasteiger partial charge in [-0.25, -0.2) is 4.79 Å². The van der Waals surface area contributed by atoms with Crippen LogP contribution in [0.25, 0.3) is 0 Å². The number of benzene rings is 1. The summed E-state index contributed by atoms with van der Waals surface area (Å²) in [5, 5.41) is 9.40. The van der Waals surface area contributed by atoms with Crippen molar-refractivity contribution < 1.29 is 4.79 Å². The van der Waals surface area contributed by atoms with Gasteiger partial charge in [0.15, 0.2) is 0 Å². The number of urea groups is 1. The Balaban J connectivity index is 1.58. The van der Waals surface area contributed by atoms with Gasteiger partial charge in [-0.3, -0.25) is 0 Å². The largest absolute Gasteiger partial charge is 0.335 e. The number of amides is 2. The average Bonchev–Trinajstić information content (AvgIpc) is 2.48. The van der Waals surface area contributed by atoms with Gasteiger partial charge < -0.3 is 16.0 Å². The highest BCUT2D eigenvalue weighted by atomic mass is 16.2. The fraction of sp³-hybridized carbons (Fsp3) is 0.562. The van der Waals surface area contributed by atoms with Crippen molar-refractivity contribution in [2.75, 3.05) is 11.9 Å². The molecule has 4 nitrogen and oxygen atoms in total. The van der Waals surface area contributed by atoms with E-state index in [-0.39, 0.29) is 6.03 Å². The highest BCUT2D eigenvalue weighted by Crippen LogP contribution is 2.20. The van der Waals surface area contributed by atoms with Crippen molar-refractivity contribution in [1.82, 2.24) is 10.6 Å². The third-order valence-electron chi connectivity index (χ3n) is 4.29. The van der Waals surface area contributed by atoms with Crippen LogP contribution in [0.5, 0.6) is 0 Å². The van der Waals surface area contributed by atoms with Crippen LogP contribution in [-0.2, 0) is 13.0 Å². The second-order valence-corrected chi connectivity index (χ2v) is 5.84. The minimum atomic E-state index is -0.0689. The molecule has 0 bridgehead atoms. The van der Waals surface area contributed by atoms with Gasteiger partial charge in [-0.15, -0.1) is 0 Å². The van der Waals surface area contributed by atoms with Gasteiger partial charge in [-0.05, 0) is 49.1 Å². The highest BCUT2D eigenvalue weighted by Gasteiger charge is 2.16. The first-order chi connectivity index (χ1) is 9.81. The van der Waals surface area contributed by atoms with Gasteiger partial charge in [0.05, 0.1) is 0 Å². The lowest BCUT2D eigenvalue weighted by Crippen LogP contribution is -2.39. The van der Waals surface area contributed by atoms with E-state index in [9.17, 15) is 4.79 Å². The Morgan fingerprint density at radius 3 is 2.85 bits per heavy atom. The summed E-state index contributed by atoms with van der Waals surface area (Å²) in [6.45, 7) is 1.94. The van der Waals surface area contributed by atoms with E-state index in [1.165, 1.54) is 30.4 Å². The van der Waals surface area contributed by atoms with Crippen molar-refractivity contribution in [2.45, 2.75) is 51.1 Å². The van der Waals surface area contributed by atoms with Crippen LogP contribution in [0.4, 0.5) is 10.5 Å². The third-order valence-corrected chi connectivity index (χ3v) is 4.29. The molecule has 20 heavy (non-hydrogen) atoms. The molecule has 2 amide bonds. The Kier molecular flexibility index (Phi) is 4.21. The fourth-order valence-corrected chi connectivity index (χ4v) is 3.16. The molecule has 1 saturated carbocycles. The number of anilines is 1. The second kappa shape index (κ2) is 6.27. The maximum atomic E-state index is 12.0. The van der Waals surface area contributed by atoms with Gasteiger partial charge in [-0.2, -0.15) is 0 Å². The summed E-state index contributed by atoms with van der Waals surface area (Å²) in [5.41, 5.74) is 3.58. The standard InChI is InChI=1S/C16H23N3O/c20-16(18-14-4-2-1-3-5-14)19-15-7-6-12-8-9-17-11-13(12)10-15/h6-7,10,14,17H,1-5,8-9,11H2,(H2,18,19,20). The zero-order chi connectivity index (χ0) is 13.8. The van der Waals surface area contributed by atoms with E-state index in [4.69, 9.17) is 0 Å². The van der Waals surface area contributed by atoms with E-state index in [0.717, 1.165) is 38.0 Å². The molecule has 0 saturated heterocycles. The monoisotopic (exact) mass is 273 g/mol. The van der Waals surface area contributed by atoms with Crippen molar-refractivity contribution in [3.05, 3.63) is 29.3 Å². The topological polar surface area (TPSA) is 53.2 Å². The van der Waals surface area contributed by atoms with E-state index in [1.54, 1.807) is 0 Å². The summed E-state index contributed by atoms with van der Waals surface area (Å²) in [6.07, 6.45) is 7.06. The number of hydrogen-bond donors (Lipinski definition) is 3. The Labute approximate surface area is 120 Å².